The minimum atomic E-state index is -4.03. The molecule has 3 aromatic carbocycles. The van der Waals surface area contributed by atoms with E-state index in [0.29, 0.717) is 5.69 Å². The average molecular weight is 409 g/mol. The summed E-state index contributed by atoms with van der Waals surface area (Å²) in [4.78, 5) is 23.3. The molecule has 0 saturated carbocycles. The highest BCUT2D eigenvalue weighted by molar-refractivity contribution is 7.92. The number of anilines is 2. The number of benzene rings is 3. The number of carboxylic acids is 1. The first kappa shape index (κ1) is 20.1. The highest BCUT2D eigenvalue weighted by atomic mass is 32.2. The van der Waals surface area contributed by atoms with Gasteiger partial charge in [0.05, 0.1) is 22.1 Å². The molecule has 8 heteroatoms. The van der Waals surface area contributed by atoms with Gasteiger partial charge in [-0.1, -0.05) is 42.0 Å². The molecule has 7 nitrogen and oxygen atoms in total. The molecule has 0 saturated heterocycles. The topological polar surface area (TPSA) is 115 Å². The van der Waals surface area contributed by atoms with Gasteiger partial charge in [0.1, 0.15) is 0 Å². The maximum atomic E-state index is 12.6. The number of carbonyl (C=O) groups is 2. The Balaban J connectivity index is 1.85. The van der Waals surface area contributed by atoms with Gasteiger partial charge in [0, 0.05) is 5.69 Å². The van der Waals surface area contributed by atoms with E-state index >= 15 is 0 Å². The van der Waals surface area contributed by atoms with Gasteiger partial charge in [-0.05, 0) is 48.9 Å². The third-order valence-corrected chi connectivity index (χ3v) is 5.51. The molecule has 0 aliphatic rings. The second-order valence-electron chi connectivity index (χ2n) is 6.28. The molecule has 3 rings (SSSR count). The van der Waals surface area contributed by atoms with E-state index in [-0.39, 0.29) is 21.7 Å². The summed E-state index contributed by atoms with van der Waals surface area (Å²) >= 11 is 0. The molecule has 0 fully saturated rings. The summed E-state index contributed by atoms with van der Waals surface area (Å²) in [6, 6.07) is 18.0. The van der Waals surface area contributed by atoms with Crippen LogP contribution in [0.5, 0.6) is 0 Å². The quantitative estimate of drug-likeness (QED) is 0.649. The van der Waals surface area contributed by atoms with Gasteiger partial charge in [0.15, 0.2) is 0 Å². The van der Waals surface area contributed by atoms with Crippen LogP contribution in [0.25, 0.3) is 0 Å². The van der Waals surface area contributed by atoms with Crippen LogP contribution in [0.3, 0.4) is 0 Å². The van der Waals surface area contributed by atoms with Crippen molar-refractivity contribution in [3.8, 4) is 0 Å². The van der Waals surface area contributed by atoms with Crippen LogP contribution in [0.15, 0.2) is 77.7 Å². The number of sulfonamides is 1. The fourth-order valence-electron chi connectivity index (χ4n) is 2.58. The van der Waals surface area contributed by atoms with E-state index in [9.17, 15) is 23.1 Å². The van der Waals surface area contributed by atoms with Crippen LogP contribution in [0, 0.1) is 6.92 Å². The van der Waals surface area contributed by atoms with Crippen molar-refractivity contribution >= 4 is 33.3 Å². The Morgan fingerprint density at radius 2 is 1.48 bits per heavy atom. The molecule has 0 unspecified atom stereocenters. The van der Waals surface area contributed by atoms with Gasteiger partial charge in [-0.3, -0.25) is 9.52 Å². The van der Waals surface area contributed by atoms with E-state index in [1.807, 2.05) is 19.1 Å². The monoisotopic (exact) mass is 409 g/mol. The van der Waals surface area contributed by atoms with Crippen molar-refractivity contribution in [2.75, 3.05) is 10.0 Å². The van der Waals surface area contributed by atoms with Crippen LogP contribution >= 0.6 is 0 Å². The third-order valence-electron chi connectivity index (χ3n) is 4.13. The van der Waals surface area contributed by atoms with Crippen molar-refractivity contribution in [2.24, 2.45) is 0 Å². The van der Waals surface area contributed by atoms with Crippen molar-refractivity contribution < 1.29 is 23.1 Å². The maximum absolute atomic E-state index is 12.6. The number of hydrogen-bond acceptors (Lipinski definition) is 5. The molecular formula is C21H17N2O5S-. The predicted molar refractivity (Wildman–Crippen MR) is 107 cm³/mol. The van der Waals surface area contributed by atoms with Crippen LogP contribution in [-0.4, -0.2) is 20.3 Å². The summed E-state index contributed by atoms with van der Waals surface area (Å²) in [7, 11) is -4.03. The first-order valence-electron chi connectivity index (χ1n) is 8.57. The lowest BCUT2D eigenvalue weighted by atomic mass is 10.1. The Kier molecular flexibility index (Phi) is 5.65. The average Bonchev–Trinajstić information content (AvgIpc) is 2.70. The number of para-hydroxylation sites is 1. The highest BCUT2D eigenvalue weighted by Gasteiger charge is 2.19. The molecule has 0 bridgehead atoms. The summed E-state index contributed by atoms with van der Waals surface area (Å²) in [5, 5.41) is 13.5. The zero-order valence-corrected chi connectivity index (χ0v) is 16.2. The summed E-state index contributed by atoms with van der Waals surface area (Å²) in [5.41, 5.74) is 1.72. The van der Waals surface area contributed by atoms with Crippen molar-refractivity contribution in [2.45, 2.75) is 11.8 Å². The summed E-state index contributed by atoms with van der Waals surface area (Å²) in [5.74, 6) is -1.88. The van der Waals surface area contributed by atoms with Gasteiger partial charge in [-0.25, -0.2) is 8.42 Å². The molecule has 148 valence electrons. The fraction of sp³-hybridized carbons (Fsp3) is 0.0476. The molecule has 3 aromatic rings. The number of nitrogens with one attached hydrogen (secondary N) is 2. The van der Waals surface area contributed by atoms with Crippen LogP contribution in [-0.2, 0) is 10.0 Å². The number of rotatable bonds is 6. The van der Waals surface area contributed by atoms with Gasteiger partial charge >= 0.3 is 0 Å². The predicted octanol–water partition coefficient (Wildman–Crippen LogP) is 2.41. The number of carbonyl (C=O) groups excluding carboxylic acids is 2. The normalized spacial score (nSPS) is 10.9. The van der Waals surface area contributed by atoms with Crippen molar-refractivity contribution in [3.05, 3.63) is 89.5 Å². The molecule has 2 N–H and O–H groups in total. The minimum Gasteiger partial charge on any atom is -0.545 e. The van der Waals surface area contributed by atoms with E-state index in [4.69, 9.17) is 0 Å². The summed E-state index contributed by atoms with van der Waals surface area (Å²) < 4.78 is 27.7. The number of hydrogen-bond donors (Lipinski definition) is 2. The zero-order valence-electron chi connectivity index (χ0n) is 15.4. The van der Waals surface area contributed by atoms with Crippen LogP contribution < -0.4 is 15.1 Å². The molecule has 0 aliphatic carbocycles. The van der Waals surface area contributed by atoms with Crippen LogP contribution in [0.4, 0.5) is 11.4 Å². The first-order chi connectivity index (χ1) is 13.8. The molecule has 0 aromatic heterocycles. The Hall–Kier alpha value is -3.65. The molecule has 29 heavy (non-hydrogen) atoms. The third kappa shape index (κ3) is 4.80. The largest absolute Gasteiger partial charge is 0.545 e. The lowest BCUT2D eigenvalue weighted by Crippen LogP contribution is -2.22. The van der Waals surface area contributed by atoms with Crippen LogP contribution in [0.2, 0.25) is 0 Å². The van der Waals surface area contributed by atoms with Crippen molar-refractivity contribution in [1.29, 1.82) is 0 Å². The Morgan fingerprint density at radius 3 is 2.10 bits per heavy atom. The van der Waals surface area contributed by atoms with E-state index in [1.165, 1.54) is 12.1 Å². The maximum Gasteiger partial charge on any atom is 0.261 e. The molecule has 0 radical (unpaired) electrons. The molecular weight excluding hydrogens is 392 g/mol. The number of aromatic carboxylic acids is 1. The van der Waals surface area contributed by atoms with Gasteiger partial charge in [0.25, 0.3) is 15.9 Å². The molecule has 0 heterocycles. The van der Waals surface area contributed by atoms with Gasteiger partial charge in [-0.15, -0.1) is 0 Å². The number of aryl methyl sites for hydroxylation is 1. The molecule has 1 amide bonds. The fourth-order valence-corrected chi connectivity index (χ4v) is 3.66. The van der Waals surface area contributed by atoms with Crippen molar-refractivity contribution in [3.63, 3.8) is 0 Å². The zero-order chi connectivity index (χ0) is 21.0. The van der Waals surface area contributed by atoms with Gasteiger partial charge in [-0.2, -0.15) is 0 Å². The second kappa shape index (κ2) is 8.15. The molecule has 0 atom stereocenters. The standard InChI is InChI=1S/C21H18N2O5S/c1-14-6-10-16(11-7-14)22-20(24)18-4-2-3-5-19(18)23-29(27,28)17-12-8-15(9-13-17)21(25)26/h2-13,23H,1H3,(H,22,24)(H,25,26)/p-1. The first-order valence-corrected chi connectivity index (χ1v) is 10.1. The summed E-state index contributed by atoms with van der Waals surface area (Å²) in [6.45, 7) is 1.93. The minimum absolute atomic E-state index is 0.0982. The van der Waals surface area contributed by atoms with E-state index < -0.39 is 21.9 Å². The Labute approximate surface area is 168 Å². The SMILES string of the molecule is Cc1ccc(NC(=O)c2ccccc2NS(=O)(=O)c2ccc(C(=O)[O-])cc2)cc1. The van der Waals surface area contributed by atoms with Crippen molar-refractivity contribution in [1.82, 2.24) is 0 Å². The Morgan fingerprint density at radius 1 is 0.862 bits per heavy atom. The highest BCUT2D eigenvalue weighted by Crippen LogP contribution is 2.22. The second-order valence-corrected chi connectivity index (χ2v) is 7.97. The van der Waals surface area contributed by atoms with Crippen LogP contribution in [0.1, 0.15) is 26.3 Å². The number of carboxylic acid groups (broad SMARTS) is 1. The van der Waals surface area contributed by atoms with Gasteiger partial charge in [0.2, 0.25) is 0 Å². The van der Waals surface area contributed by atoms with E-state index in [2.05, 4.69) is 10.0 Å². The van der Waals surface area contributed by atoms with E-state index in [0.717, 1.165) is 29.8 Å². The molecule has 0 spiro atoms. The van der Waals surface area contributed by atoms with Gasteiger partial charge < -0.3 is 15.2 Å². The number of amides is 1. The lowest BCUT2D eigenvalue weighted by Gasteiger charge is -2.13. The lowest BCUT2D eigenvalue weighted by molar-refractivity contribution is -0.255. The Bertz CT molecular complexity index is 1150. The van der Waals surface area contributed by atoms with E-state index in [1.54, 1.807) is 24.3 Å². The molecule has 0 aliphatic heterocycles. The summed E-state index contributed by atoms with van der Waals surface area (Å²) in [6.07, 6.45) is 0. The smallest absolute Gasteiger partial charge is 0.261 e.